The number of aliphatic hydroxyl groups is 1. The second-order valence-electron chi connectivity index (χ2n) is 3.90. The molecule has 1 atom stereocenters. The topological polar surface area (TPSA) is 54.4 Å². The molecular weight excluding hydrogens is 248 g/mol. The zero-order valence-electron chi connectivity index (χ0n) is 10.4. The highest BCUT2D eigenvalue weighted by Gasteiger charge is 2.13. The number of methoxy groups -OCH3 is 1. The number of nitrogens with one attached hydrogen (secondary N) is 1. The van der Waals surface area contributed by atoms with Gasteiger partial charge in [0.05, 0.1) is 30.5 Å². The minimum absolute atomic E-state index is 0.000380. The van der Waals surface area contributed by atoms with Gasteiger partial charge in [0, 0.05) is 17.1 Å². The summed E-state index contributed by atoms with van der Waals surface area (Å²) < 4.78 is 5.16. The lowest BCUT2D eigenvalue weighted by Gasteiger charge is -2.16. The first kappa shape index (κ1) is 12.9. The molecule has 0 saturated carbocycles. The molecule has 0 aliphatic heterocycles. The summed E-state index contributed by atoms with van der Waals surface area (Å²) in [6.45, 7) is 1.95. The van der Waals surface area contributed by atoms with Crippen molar-refractivity contribution in [3.8, 4) is 5.75 Å². The van der Waals surface area contributed by atoms with Crippen molar-refractivity contribution in [1.82, 2.24) is 4.98 Å². The third kappa shape index (κ3) is 3.00. The van der Waals surface area contributed by atoms with E-state index in [4.69, 9.17) is 4.74 Å². The van der Waals surface area contributed by atoms with E-state index in [2.05, 4.69) is 10.3 Å². The van der Waals surface area contributed by atoms with E-state index in [1.165, 1.54) is 0 Å². The Labute approximate surface area is 110 Å². The van der Waals surface area contributed by atoms with Gasteiger partial charge in [0.25, 0.3) is 0 Å². The normalized spacial score (nSPS) is 12.2. The minimum atomic E-state index is -0.193. The zero-order valence-corrected chi connectivity index (χ0v) is 11.2. The first-order valence-electron chi connectivity index (χ1n) is 5.66. The Morgan fingerprint density at radius 2 is 2.33 bits per heavy atom. The van der Waals surface area contributed by atoms with Crippen LogP contribution in [0.1, 0.15) is 16.7 Å². The van der Waals surface area contributed by atoms with Crippen LogP contribution in [0.5, 0.6) is 5.75 Å². The lowest BCUT2D eigenvalue weighted by molar-refractivity contribution is 0.274. The molecule has 0 aliphatic carbocycles. The number of hydrogen-bond acceptors (Lipinski definition) is 5. The smallest absolute Gasteiger partial charge is 0.120 e. The fourth-order valence-corrected chi connectivity index (χ4v) is 2.33. The predicted molar refractivity (Wildman–Crippen MR) is 73.3 cm³/mol. The predicted octanol–water partition coefficient (Wildman–Crippen LogP) is 2.61. The van der Waals surface area contributed by atoms with E-state index < -0.39 is 0 Å². The van der Waals surface area contributed by atoms with Crippen LogP contribution in [-0.4, -0.2) is 23.8 Å². The molecule has 1 unspecified atom stereocenters. The fourth-order valence-electron chi connectivity index (χ4n) is 1.67. The van der Waals surface area contributed by atoms with Gasteiger partial charge in [-0.05, 0) is 19.1 Å². The molecule has 2 aromatic rings. The van der Waals surface area contributed by atoms with Crippen molar-refractivity contribution in [2.24, 2.45) is 0 Å². The summed E-state index contributed by atoms with van der Waals surface area (Å²) in [6, 6.07) is 7.42. The van der Waals surface area contributed by atoms with Gasteiger partial charge in [-0.2, -0.15) is 0 Å². The van der Waals surface area contributed by atoms with E-state index in [1.807, 2.05) is 36.6 Å². The van der Waals surface area contributed by atoms with E-state index >= 15 is 0 Å². The van der Waals surface area contributed by atoms with E-state index in [1.54, 1.807) is 18.4 Å². The fraction of sp³-hybridized carbons (Fsp3) is 0.308. The lowest BCUT2D eigenvalue weighted by Crippen LogP contribution is -2.15. The van der Waals surface area contributed by atoms with Gasteiger partial charge < -0.3 is 15.2 Å². The molecule has 2 rings (SSSR count). The summed E-state index contributed by atoms with van der Waals surface area (Å²) in [4.78, 5) is 4.39. The number of rotatable bonds is 5. The van der Waals surface area contributed by atoms with Crippen molar-refractivity contribution >= 4 is 17.0 Å². The highest BCUT2D eigenvalue weighted by atomic mass is 32.1. The number of aromatic nitrogens is 1. The summed E-state index contributed by atoms with van der Waals surface area (Å²) in [6.07, 6.45) is 0. The van der Waals surface area contributed by atoms with Gasteiger partial charge in [0.2, 0.25) is 0 Å². The van der Waals surface area contributed by atoms with Crippen molar-refractivity contribution < 1.29 is 9.84 Å². The lowest BCUT2D eigenvalue weighted by atomic mass is 10.2. The van der Waals surface area contributed by atoms with Crippen molar-refractivity contribution in [1.29, 1.82) is 0 Å². The van der Waals surface area contributed by atoms with E-state index in [0.29, 0.717) is 0 Å². The molecule has 4 nitrogen and oxygen atoms in total. The van der Waals surface area contributed by atoms with Gasteiger partial charge in [-0.3, -0.25) is 0 Å². The summed E-state index contributed by atoms with van der Waals surface area (Å²) in [5.74, 6) is 0.783. The molecule has 5 heteroatoms. The van der Waals surface area contributed by atoms with E-state index in [0.717, 1.165) is 22.1 Å². The van der Waals surface area contributed by atoms with Crippen LogP contribution in [0.4, 0.5) is 5.69 Å². The summed E-state index contributed by atoms with van der Waals surface area (Å²) in [5, 5.41) is 15.7. The molecule has 0 aliphatic rings. The molecule has 1 heterocycles. The molecule has 18 heavy (non-hydrogen) atoms. The van der Waals surface area contributed by atoms with Crippen molar-refractivity contribution in [3.05, 3.63) is 40.3 Å². The van der Waals surface area contributed by atoms with Crippen LogP contribution in [0.2, 0.25) is 0 Å². The average molecular weight is 264 g/mol. The minimum Gasteiger partial charge on any atom is -0.497 e. The largest absolute Gasteiger partial charge is 0.497 e. The molecule has 0 radical (unpaired) electrons. The molecule has 0 amide bonds. The Morgan fingerprint density at radius 1 is 1.50 bits per heavy atom. The van der Waals surface area contributed by atoms with Crippen molar-refractivity contribution in [2.45, 2.75) is 13.0 Å². The van der Waals surface area contributed by atoms with Gasteiger partial charge in [-0.25, -0.2) is 4.98 Å². The number of aryl methyl sites for hydroxylation is 1. The second-order valence-corrected chi connectivity index (χ2v) is 4.97. The Bertz CT molecular complexity index is 513. The molecule has 0 fully saturated rings. The summed E-state index contributed by atoms with van der Waals surface area (Å²) >= 11 is 1.58. The number of benzene rings is 1. The van der Waals surface area contributed by atoms with Gasteiger partial charge in [0.1, 0.15) is 5.75 Å². The molecule has 1 aromatic carbocycles. The summed E-state index contributed by atoms with van der Waals surface area (Å²) in [5.41, 5.74) is 1.77. The third-order valence-corrected chi connectivity index (χ3v) is 3.38. The maximum atomic E-state index is 9.45. The molecule has 96 valence electrons. The number of ether oxygens (including phenoxy) is 1. The van der Waals surface area contributed by atoms with Gasteiger partial charge in [0.15, 0.2) is 0 Å². The highest BCUT2D eigenvalue weighted by molar-refractivity contribution is 7.09. The van der Waals surface area contributed by atoms with Crippen LogP contribution >= 0.6 is 11.3 Å². The molecular formula is C13H16N2O2S. The standard InChI is InChI=1S/C13H16N2O2S/c1-9-14-13(8-18-9)12(7-16)15-10-4-3-5-11(6-10)17-2/h3-6,8,12,15-16H,7H2,1-2H3. The third-order valence-electron chi connectivity index (χ3n) is 2.59. The Balaban J connectivity index is 2.14. The number of hydrogen-bond donors (Lipinski definition) is 2. The maximum absolute atomic E-state index is 9.45. The van der Waals surface area contributed by atoms with E-state index in [-0.39, 0.29) is 12.6 Å². The second kappa shape index (κ2) is 5.84. The monoisotopic (exact) mass is 264 g/mol. The van der Waals surface area contributed by atoms with Crippen LogP contribution in [0.3, 0.4) is 0 Å². The molecule has 0 bridgehead atoms. The number of nitrogens with zero attached hydrogens (tertiary/aromatic N) is 1. The first-order valence-corrected chi connectivity index (χ1v) is 6.54. The SMILES string of the molecule is COc1cccc(NC(CO)c2csc(C)n2)c1. The number of anilines is 1. The van der Waals surface area contributed by atoms with Crippen LogP contribution in [0.15, 0.2) is 29.6 Å². The maximum Gasteiger partial charge on any atom is 0.120 e. The van der Waals surface area contributed by atoms with Crippen LogP contribution in [0, 0.1) is 6.92 Å². The summed E-state index contributed by atoms with van der Waals surface area (Å²) in [7, 11) is 1.63. The van der Waals surface area contributed by atoms with Crippen LogP contribution < -0.4 is 10.1 Å². The van der Waals surface area contributed by atoms with Crippen molar-refractivity contribution in [2.75, 3.05) is 19.0 Å². The zero-order chi connectivity index (χ0) is 13.0. The van der Waals surface area contributed by atoms with Crippen LogP contribution in [0.25, 0.3) is 0 Å². The quantitative estimate of drug-likeness (QED) is 0.871. The number of aliphatic hydroxyl groups excluding tert-OH is 1. The first-order chi connectivity index (χ1) is 8.72. The van der Waals surface area contributed by atoms with Crippen molar-refractivity contribution in [3.63, 3.8) is 0 Å². The Kier molecular flexibility index (Phi) is 4.17. The van der Waals surface area contributed by atoms with Crippen LogP contribution in [-0.2, 0) is 0 Å². The molecule has 2 N–H and O–H groups in total. The molecule has 0 spiro atoms. The Hall–Kier alpha value is -1.59. The average Bonchev–Trinajstić information content (AvgIpc) is 2.82. The van der Waals surface area contributed by atoms with Gasteiger partial charge in [-0.1, -0.05) is 6.07 Å². The molecule has 0 saturated heterocycles. The highest BCUT2D eigenvalue weighted by Crippen LogP contribution is 2.23. The number of thiazole rings is 1. The Morgan fingerprint density at radius 3 is 2.94 bits per heavy atom. The van der Waals surface area contributed by atoms with Gasteiger partial charge in [-0.15, -0.1) is 11.3 Å². The molecule has 1 aromatic heterocycles. The van der Waals surface area contributed by atoms with E-state index in [9.17, 15) is 5.11 Å². The van der Waals surface area contributed by atoms with Gasteiger partial charge >= 0.3 is 0 Å².